The Morgan fingerprint density at radius 3 is 2.58 bits per heavy atom. The normalized spacial score (nSPS) is 13.8. The second-order valence-electron chi connectivity index (χ2n) is 4.10. The maximum atomic E-state index is 12.2. The highest BCUT2D eigenvalue weighted by Gasteiger charge is 2.39. The summed E-state index contributed by atoms with van der Waals surface area (Å²) < 4.78 is 4.96. The van der Waals surface area contributed by atoms with Crippen LogP contribution in [0.4, 0.5) is 0 Å². The van der Waals surface area contributed by atoms with Crippen molar-refractivity contribution in [2.45, 2.75) is 12.0 Å². The van der Waals surface area contributed by atoms with Crippen LogP contribution < -0.4 is 5.32 Å². The number of nitrogens with one attached hydrogen (secondary N) is 1. The lowest BCUT2D eigenvalue weighted by Crippen LogP contribution is -2.48. The molecule has 0 aliphatic rings. The number of esters is 1. The van der Waals surface area contributed by atoms with Gasteiger partial charge in [-0.2, -0.15) is 11.8 Å². The Morgan fingerprint density at radius 2 is 2.05 bits per heavy atom. The van der Waals surface area contributed by atoms with Gasteiger partial charge in [-0.15, -0.1) is 0 Å². The van der Waals surface area contributed by atoms with E-state index in [4.69, 9.17) is 9.84 Å². The van der Waals surface area contributed by atoms with Crippen molar-refractivity contribution >= 4 is 17.7 Å². The fourth-order valence-electron chi connectivity index (χ4n) is 2.02. The predicted octanol–water partition coefficient (Wildman–Crippen LogP) is 1.39. The molecule has 0 aliphatic heterocycles. The van der Waals surface area contributed by atoms with Gasteiger partial charge in [0.25, 0.3) is 0 Å². The Bertz CT molecular complexity index is 386. The molecule has 0 spiro atoms. The molecule has 106 valence electrons. The fourth-order valence-corrected chi connectivity index (χ4v) is 2.81. The number of hydrogen-bond donors (Lipinski definition) is 2. The molecule has 0 heterocycles. The largest absolute Gasteiger partial charge is 0.467 e. The minimum Gasteiger partial charge on any atom is -0.467 e. The number of aliphatic hydroxyl groups is 1. The van der Waals surface area contributed by atoms with Crippen molar-refractivity contribution < 1.29 is 14.6 Å². The van der Waals surface area contributed by atoms with Crippen LogP contribution in [0.5, 0.6) is 0 Å². The molecule has 1 aromatic carbocycles. The molecule has 5 heteroatoms. The zero-order valence-corrected chi connectivity index (χ0v) is 12.2. The lowest BCUT2D eigenvalue weighted by molar-refractivity contribution is -0.149. The van der Waals surface area contributed by atoms with Crippen molar-refractivity contribution in [2.75, 3.05) is 32.3 Å². The van der Waals surface area contributed by atoms with E-state index in [1.54, 1.807) is 18.8 Å². The summed E-state index contributed by atoms with van der Waals surface area (Å²) in [6, 6.07) is 9.58. The van der Waals surface area contributed by atoms with Crippen LogP contribution in [-0.2, 0) is 15.1 Å². The number of carbonyl (C=O) groups excluding carboxylic acids is 1. The van der Waals surface area contributed by atoms with Gasteiger partial charge in [0.2, 0.25) is 0 Å². The smallest absolute Gasteiger partial charge is 0.330 e. The van der Waals surface area contributed by atoms with Gasteiger partial charge >= 0.3 is 5.97 Å². The van der Waals surface area contributed by atoms with Gasteiger partial charge < -0.3 is 15.2 Å². The summed E-state index contributed by atoms with van der Waals surface area (Å²) in [5, 5.41) is 11.9. The standard InChI is InChI=1S/C14H21NO3S/c1-15-14(13(17)18-2,8-10-19-11-9-16)12-6-4-3-5-7-12/h3-7,15-16H,8-11H2,1-2H3. The number of thioether (sulfide) groups is 1. The molecule has 0 saturated carbocycles. The van der Waals surface area contributed by atoms with Gasteiger partial charge in [0.05, 0.1) is 13.7 Å². The van der Waals surface area contributed by atoms with Crippen LogP contribution in [-0.4, -0.2) is 43.3 Å². The van der Waals surface area contributed by atoms with Crippen molar-refractivity contribution in [2.24, 2.45) is 0 Å². The number of carbonyl (C=O) groups is 1. The first kappa shape index (κ1) is 16.0. The Morgan fingerprint density at radius 1 is 1.37 bits per heavy atom. The van der Waals surface area contributed by atoms with E-state index in [-0.39, 0.29) is 12.6 Å². The summed E-state index contributed by atoms with van der Waals surface area (Å²) in [5.74, 6) is 1.16. The third-order valence-electron chi connectivity index (χ3n) is 3.08. The summed E-state index contributed by atoms with van der Waals surface area (Å²) >= 11 is 1.62. The first-order valence-electron chi connectivity index (χ1n) is 6.22. The van der Waals surface area contributed by atoms with Crippen LogP contribution in [0.3, 0.4) is 0 Å². The van der Waals surface area contributed by atoms with Gasteiger partial charge in [-0.05, 0) is 24.8 Å². The van der Waals surface area contributed by atoms with Crippen LogP contribution in [0.25, 0.3) is 0 Å². The number of likely N-dealkylation sites (N-methyl/N-ethyl adjacent to an activating group) is 1. The summed E-state index contributed by atoms with van der Waals surface area (Å²) in [6.45, 7) is 0.154. The second kappa shape index (κ2) is 8.19. The van der Waals surface area contributed by atoms with Gasteiger partial charge in [0, 0.05) is 5.75 Å². The molecule has 1 rings (SSSR count). The van der Waals surface area contributed by atoms with E-state index < -0.39 is 5.54 Å². The number of benzene rings is 1. The fraction of sp³-hybridized carbons (Fsp3) is 0.500. The summed E-state index contributed by atoms with van der Waals surface area (Å²) in [4.78, 5) is 12.2. The molecule has 2 N–H and O–H groups in total. The van der Waals surface area contributed by atoms with E-state index in [9.17, 15) is 4.79 Å². The summed E-state index contributed by atoms with van der Waals surface area (Å²) in [6.07, 6.45) is 0.616. The van der Waals surface area contributed by atoms with Crippen LogP contribution in [0, 0.1) is 0 Å². The first-order valence-corrected chi connectivity index (χ1v) is 7.38. The highest BCUT2D eigenvalue weighted by molar-refractivity contribution is 7.99. The third-order valence-corrected chi connectivity index (χ3v) is 4.05. The Balaban J connectivity index is 2.92. The van der Waals surface area contributed by atoms with Gasteiger partial charge in [0.15, 0.2) is 0 Å². The molecular weight excluding hydrogens is 262 g/mol. The minimum absolute atomic E-state index is 0.154. The SMILES string of the molecule is CNC(CCSCCO)(C(=O)OC)c1ccccc1. The topological polar surface area (TPSA) is 58.6 Å². The molecule has 4 nitrogen and oxygen atoms in total. The van der Waals surface area contributed by atoms with Crippen molar-refractivity contribution in [3.05, 3.63) is 35.9 Å². The average Bonchev–Trinajstić information content (AvgIpc) is 2.48. The van der Waals surface area contributed by atoms with Crippen molar-refractivity contribution in [1.29, 1.82) is 0 Å². The molecular formula is C14H21NO3S. The summed E-state index contributed by atoms with van der Waals surface area (Å²) in [7, 11) is 3.17. The molecule has 0 saturated heterocycles. The van der Waals surface area contributed by atoms with Gasteiger partial charge in [0.1, 0.15) is 5.54 Å². The lowest BCUT2D eigenvalue weighted by atomic mass is 9.87. The highest BCUT2D eigenvalue weighted by Crippen LogP contribution is 2.28. The van der Waals surface area contributed by atoms with E-state index in [1.165, 1.54) is 7.11 Å². The summed E-state index contributed by atoms with van der Waals surface area (Å²) in [5.41, 5.74) is 0.0762. The predicted molar refractivity (Wildman–Crippen MR) is 78.2 cm³/mol. The average molecular weight is 283 g/mol. The van der Waals surface area contributed by atoms with Crippen molar-refractivity contribution in [1.82, 2.24) is 5.32 Å². The monoisotopic (exact) mass is 283 g/mol. The molecule has 0 aromatic heterocycles. The van der Waals surface area contributed by atoms with E-state index in [0.29, 0.717) is 12.2 Å². The maximum Gasteiger partial charge on any atom is 0.330 e. The molecule has 1 aromatic rings. The van der Waals surface area contributed by atoms with Gasteiger partial charge in [-0.25, -0.2) is 4.79 Å². The van der Waals surface area contributed by atoms with E-state index in [2.05, 4.69) is 5.32 Å². The molecule has 0 fully saturated rings. The molecule has 0 aliphatic carbocycles. The van der Waals surface area contributed by atoms with Gasteiger partial charge in [-0.3, -0.25) is 0 Å². The van der Waals surface area contributed by atoms with Crippen LogP contribution >= 0.6 is 11.8 Å². The minimum atomic E-state index is -0.821. The van der Waals surface area contributed by atoms with Crippen LogP contribution in [0.2, 0.25) is 0 Å². The van der Waals surface area contributed by atoms with E-state index >= 15 is 0 Å². The lowest BCUT2D eigenvalue weighted by Gasteiger charge is -2.31. The zero-order chi connectivity index (χ0) is 14.1. The molecule has 0 amide bonds. The zero-order valence-electron chi connectivity index (χ0n) is 11.4. The van der Waals surface area contributed by atoms with Crippen molar-refractivity contribution in [3.63, 3.8) is 0 Å². The molecule has 0 bridgehead atoms. The number of hydrogen-bond acceptors (Lipinski definition) is 5. The second-order valence-corrected chi connectivity index (χ2v) is 5.32. The Hall–Kier alpha value is -1.04. The molecule has 0 radical (unpaired) electrons. The highest BCUT2D eigenvalue weighted by atomic mass is 32.2. The van der Waals surface area contributed by atoms with E-state index in [0.717, 1.165) is 11.3 Å². The number of ether oxygens (including phenoxy) is 1. The number of aliphatic hydroxyl groups excluding tert-OH is 1. The quantitative estimate of drug-likeness (QED) is 0.558. The molecule has 19 heavy (non-hydrogen) atoms. The first-order chi connectivity index (χ1) is 9.21. The van der Waals surface area contributed by atoms with Crippen LogP contribution in [0.15, 0.2) is 30.3 Å². The Labute approximate surface area is 118 Å². The van der Waals surface area contributed by atoms with E-state index in [1.807, 2.05) is 30.3 Å². The number of rotatable bonds is 8. The van der Waals surface area contributed by atoms with Gasteiger partial charge in [-0.1, -0.05) is 30.3 Å². The maximum absolute atomic E-state index is 12.2. The third kappa shape index (κ3) is 3.96. The molecule has 1 atom stereocenters. The molecule has 1 unspecified atom stereocenters. The Kier molecular flexibility index (Phi) is 6.91. The number of methoxy groups -OCH3 is 1. The van der Waals surface area contributed by atoms with Crippen molar-refractivity contribution in [3.8, 4) is 0 Å². The van der Waals surface area contributed by atoms with Crippen LogP contribution in [0.1, 0.15) is 12.0 Å².